The summed E-state index contributed by atoms with van der Waals surface area (Å²) in [5, 5.41) is 8.68. The number of urea groups is 1. The van der Waals surface area contributed by atoms with Crippen molar-refractivity contribution in [2.75, 3.05) is 36.4 Å². The summed E-state index contributed by atoms with van der Waals surface area (Å²) in [7, 11) is 0. The third kappa shape index (κ3) is 6.19. The topological polar surface area (TPSA) is 96.6 Å². The molecule has 2 aromatic heterocycles. The first-order valence-electron chi connectivity index (χ1n) is 18.8. The van der Waals surface area contributed by atoms with Crippen LogP contribution in [0.3, 0.4) is 0 Å². The smallest absolute Gasteiger partial charge is 0.317 e. The molecule has 3 N–H and O–H groups in total. The number of likely N-dealkylation sites (tertiary alicyclic amines) is 1. The van der Waals surface area contributed by atoms with Crippen molar-refractivity contribution < 1.29 is 9.59 Å². The number of hydrogen-bond donors (Lipinski definition) is 3. The number of benzene rings is 3. The molecule has 3 amide bonds. The van der Waals surface area contributed by atoms with Gasteiger partial charge in [0.05, 0.1) is 17.4 Å². The van der Waals surface area contributed by atoms with Crippen LogP contribution in [0.2, 0.25) is 10.0 Å². The number of H-pyrrole nitrogens is 1. The van der Waals surface area contributed by atoms with Crippen LogP contribution in [0.4, 0.5) is 16.3 Å². The Hall–Kier alpha value is -5.25. The lowest BCUT2D eigenvalue weighted by molar-refractivity contribution is 0.102. The van der Waals surface area contributed by atoms with Crippen LogP contribution in [0.15, 0.2) is 97.3 Å². The van der Waals surface area contributed by atoms with Crippen molar-refractivity contribution in [1.82, 2.24) is 25.1 Å². The summed E-state index contributed by atoms with van der Waals surface area (Å²) >= 11 is 13.3. The van der Waals surface area contributed by atoms with Gasteiger partial charge in [0.1, 0.15) is 5.69 Å². The molecule has 0 saturated carbocycles. The Morgan fingerprint density at radius 3 is 2.43 bits per heavy atom. The number of carbonyl (C=O) groups is 2. The number of aromatic nitrogens is 2. The fourth-order valence-corrected chi connectivity index (χ4v) is 8.85. The first kappa shape index (κ1) is 34.5. The van der Waals surface area contributed by atoms with Crippen LogP contribution >= 0.6 is 23.2 Å². The minimum absolute atomic E-state index is 0.0272. The van der Waals surface area contributed by atoms with E-state index in [0.29, 0.717) is 40.3 Å². The second-order valence-corrected chi connectivity index (χ2v) is 15.6. The fraction of sp³-hybridized carbons (Fsp3) is 0.279. The first-order chi connectivity index (χ1) is 26.3. The highest BCUT2D eigenvalue weighted by molar-refractivity contribution is 6.32. The van der Waals surface area contributed by atoms with Gasteiger partial charge in [0.2, 0.25) is 0 Å². The van der Waals surface area contributed by atoms with E-state index < -0.39 is 0 Å². The molecular weight excluding hydrogens is 717 g/mol. The van der Waals surface area contributed by atoms with Crippen LogP contribution in [-0.4, -0.2) is 63.9 Å². The molecule has 2 unspecified atom stereocenters. The summed E-state index contributed by atoms with van der Waals surface area (Å²) in [6.07, 6.45) is 9.65. The number of allylic oxidation sites excluding steroid dienone is 2. The molecule has 9 rings (SSSR count). The van der Waals surface area contributed by atoms with E-state index in [1.54, 1.807) is 6.20 Å². The highest BCUT2D eigenvalue weighted by atomic mass is 35.5. The monoisotopic (exact) mass is 757 g/mol. The number of nitrogens with zero attached hydrogens (tertiary/aromatic N) is 4. The first-order valence-corrected chi connectivity index (χ1v) is 19.5. The molecule has 0 bridgehead atoms. The summed E-state index contributed by atoms with van der Waals surface area (Å²) < 4.78 is 0. The summed E-state index contributed by atoms with van der Waals surface area (Å²) in [4.78, 5) is 42.0. The van der Waals surface area contributed by atoms with Gasteiger partial charge in [-0.25, -0.2) is 9.78 Å². The van der Waals surface area contributed by atoms with E-state index in [1.807, 2.05) is 47.4 Å². The Kier molecular flexibility index (Phi) is 9.07. The van der Waals surface area contributed by atoms with Crippen molar-refractivity contribution in [3.63, 3.8) is 0 Å². The third-order valence-corrected chi connectivity index (χ3v) is 11.7. The molecular formula is C43H41Cl2N7O2. The molecule has 0 radical (unpaired) electrons. The standard InChI is InChI=1S/C43H41Cl2N7O2/c1-26-8-6-21-52-39(28-12-14-29(44)15-13-28)32-24-30(45)25-34-36(32)37(40(52)35(26)27-9-3-2-4-10-27)38(48-34)42(53)49-33-11-5-18-46-41(33)50-22-16-31(17-23-50)47-43(54)51-19-7-20-51/h2-6,9-15,18,21,24-26,31,39,48H,7-8,16-17,19-20,22-23H2,1H3,(H,47,54)(H,49,53). The minimum atomic E-state index is -0.264. The maximum atomic E-state index is 14.8. The van der Waals surface area contributed by atoms with Crippen molar-refractivity contribution in [2.24, 2.45) is 5.92 Å². The molecule has 9 nitrogen and oxygen atoms in total. The lowest BCUT2D eigenvalue weighted by Gasteiger charge is -2.39. The van der Waals surface area contributed by atoms with Crippen molar-refractivity contribution in [2.45, 2.75) is 44.7 Å². The summed E-state index contributed by atoms with van der Waals surface area (Å²) in [6, 6.07) is 26.1. The Morgan fingerprint density at radius 1 is 0.907 bits per heavy atom. The van der Waals surface area contributed by atoms with E-state index in [2.05, 4.69) is 81.0 Å². The number of anilines is 2. The van der Waals surface area contributed by atoms with Gasteiger partial charge >= 0.3 is 6.03 Å². The predicted octanol–water partition coefficient (Wildman–Crippen LogP) is 9.33. The highest BCUT2D eigenvalue weighted by Gasteiger charge is 2.40. The largest absolute Gasteiger partial charge is 0.355 e. The van der Waals surface area contributed by atoms with Crippen LogP contribution in [0.25, 0.3) is 22.2 Å². The van der Waals surface area contributed by atoms with Gasteiger partial charge in [0.15, 0.2) is 5.82 Å². The molecule has 2 saturated heterocycles. The number of hydrogen-bond acceptors (Lipinski definition) is 5. The quantitative estimate of drug-likeness (QED) is 0.161. The van der Waals surface area contributed by atoms with Gasteiger partial charge in [-0.15, -0.1) is 0 Å². The number of halogens is 2. The second kappa shape index (κ2) is 14.2. The molecule has 3 aromatic carbocycles. The van der Waals surface area contributed by atoms with Gasteiger partial charge in [-0.3, -0.25) is 4.79 Å². The van der Waals surface area contributed by atoms with Crippen molar-refractivity contribution in [3.8, 4) is 0 Å². The number of piperidine rings is 1. The lowest BCUT2D eigenvalue weighted by Crippen LogP contribution is -2.53. The molecule has 11 heteroatoms. The highest BCUT2D eigenvalue weighted by Crippen LogP contribution is 2.53. The number of aromatic amines is 1. The summed E-state index contributed by atoms with van der Waals surface area (Å²) in [6.45, 7) is 5.33. The average Bonchev–Trinajstić information content (AvgIpc) is 3.44. The lowest BCUT2D eigenvalue weighted by atomic mass is 9.82. The molecule has 2 atom stereocenters. The number of amides is 3. The van der Waals surface area contributed by atoms with E-state index >= 15 is 0 Å². The van der Waals surface area contributed by atoms with Crippen LogP contribution in [-0.2, 0) is 0 Å². The van der Waals surface area contributed by atoms with E-state index in [9.17, 15) is 9.59 Å². The van der Waals surface area contributed by atoms with E-state index in [-0.39, 0.29) is 29.9 Å². The van der Waals surface area contributed by atoms with Crippen LogP contribution < -0.4 is 15.5 Å². The van der Waals surface area contributed by atoms with Crippen molar-refractivity contribution in [1.29, 1.82) is 0 Å². The zero-order valence-corrected chi connectivity index (χ0v) is 31.5. The van der Waals surface area contributed by atoms with Crippen molar-refractivity contribution in [3.05, 3.63) is 135 Å². The molecule has 274 valence electrons. The van der Waals surface area contributed by atoms with Gasteiger partial charge < -0.3 is 30.3 Å². The fourth-order valence-electron chi connectivity index (χ4n) is 8.50. The zero-order chi connectivity index (χ0) is 36.9. The van der Waals surface area contributed by atoms with Gasteiger partial charge in [-0.05, 0) is 90.3 Å². The normalized spacial score (nSPS) is 19.7. The van der Waals surface area contributed by atoms with Crippen molar-refractivity contribution >= 4 is 68.8 Å². The molecule has 5 aromatic rings. The number of carbonyl (C=O) groups excluding carboxylic acids is 2. The molecule has 6 heterocycles. The van der Waals surface area contributed by atoms with Gasteiger partial charge in [-0.1, -0.05) is 78.7 Å². The third-order valence-electron chi connectivity index (χ3n) is 11.3. The Bertz CT molecular complexity index is 2310. The Labute approximate surface area is 324 Å². The maximum absolute atomic E-state index is 14.8. The zero-order valence-electron chi connectivity index (χ0n) is 30.0. The van der Waals surface area contributed by atoms with Crippen LogP contribution in [0.1, 0.15) is 71.4 Å². The SMILES string of the molecule is CC1CC=CN2C(=C1c1ccccc1)c1c(C(=O)Nc3cccnc3N3CCC(NC(=O)N4CCC4)CC3)[nH]c3cc(Cl)cc(c13)C2c1ccc(Cl)cc1. The summed E-state index contributed by atoms with van der Waals surface area (Å²) in [5.41, 5.74) is 8.07. The van der Waals surface area contributed by atoms with Gasteiger partial charge in [-0.2, -0.15) is 0 Å². The van der Waals surface area contributed by atoms with Gasteiger partial charge in [0, 0.05) is 71.1 Å². The molecule has 0 aliphatic carbocycles. The molecule has 54 heavy (non-hydrogen) atoms. The Balaban J connectivity index is 1.13. The molecule has 4 aliphatic rings. The number of rotatable bonds is 6. The van der Waals surface area contributed by atoms with E-state index in [1.165, 1.54) is 5.57 Å². The molecule has 2 fully saturated rings. The predicted molar refractivity (Wildman–Crippen MR) is 217 cm³/mol. The molecule has 4 aliphatic heterocycles. The molecule has 0 spiro atoms. The number of nitrogens with one attached hydrogen (secondary N) is 3. The Morgan fingerprint density at radius 2 is 1.69 bits per heavy atom. The number of pyridine rings is 1. The summed E-state index contributed by atoms with van der Waals surface area (Å²) in [5.74, 6) is 0.610. The van der Waals surface area contributed by atoms with Crippen LogP contribution in [0, 0.1) is 5.92 Å². The minimum Gasteiger partial charge on any atom is -0.355 e. The average molecular weight is 759 g/mol. The van der Waals surface area contributed by atoms with E-state index in [4.69, 9.17) is 28.2 Å². The maximum Gasteiger partial charge on any atom is 0.317 e. The van der Waals surface area contributed by atoms with E-state index in [0.717, 1.165) is 77.6 Å². The number of fused-ring (bicyclic) bond motifs is 2. The van der Waals surface area contributed by atoms with Crippen LogP contribution in [0.5, 0.6) is 0 Å². The second-order valence-electron chi connectivity index (χ2n) is 14.7. The van der Waals surface area contributed by atoms with Gasteiger partial charge in [0.25, 0.3) is 5.91 Å².